The molecule has 12 heteroatoms. The average Bonchev–Trinajstić information content (AvgIpc) is 3.41. The Morgan fingerprint density at radius 1 is 1.00 bits per heavy atom. The molecule has 0 spiro atoms. The first-order valence-corrected chi connectivity index (χ1v) is 14.6. The summed E-state index contributed by atoms with van der Waals surface area (Å²) in [5, 5.41) is 3.53. The van der Waals surface area contributed by atoms with Crippen LogP contribution in [0, 0.1) is 5.92 Å². The molecule has 3 aromatic rings. The van der Waals surface area contributed by atoms with Crippen LogP contribution in [0.25, 0.3) is 16.9 Å². The van der Waals surface area contributed by atoms with Crippen molar-refractivity contribution in [3.8, 4) is 5.82 Å². The van der Waals surface area contributed by atoms with E-state index in [4.69, 9.17) is 24.2 Å². The third-order valence-corrected chi connectivity index (χ3v) is 8.50. The van der Waals surface area contributed by atoms with Crippen molar-refractivity contribution in [2.24, 2.45) is 5.92 Å². The Labute approximate surface area is 239 Å². The van der Waals surface area contributed by atoms with Crippen LogP contribution in [0.1, 0.15) is 37.9 Å². The minimum absolute atomic E-state index is 0.322. The number of para-hydroxylation sites is 2. The molecule has 0 unspecified atom stereocenters. The first-order chi connectivity index (χ1) is 20.1. The molecule has 1 atom stereocenters. The molecule has 4 heterocycles. The predicted octanol–water partition coefficient (Wildman–Crippen LogP) is 3.91. The van der Waals surface area contributed by atoms with E-state index in [1.165, 1.54) is 4.57 Å². The van der Waals surface area contributed by atoms with Gasteiger partial charge in [0.15, 0.2) is 5.82 Å². The maximum atomic E-state index is 14.1. The minimum Gasteiger partial charge on any atom is -0.383 e. The summed E-state index contributed by atoms with van der Waals surface area (Å²) >= 11 is 0. The number of ether oxygens (including phenoxy) is 3. The zero-order chi connectivity index (χ0) is 28.2. The lowest BCUT2D eigenvalue weighted by atomic mass is 9.84. The molecule has 0 amide bonds. The highest BCUT2D eigenvalue weighted by Crippen LogP contribution is 2.32. The van der Waals surface area contributed by atoms with Crippen molar-refractivity contribution >= 4 is 22.8 Å². The molecule has 1 aromatic carbocycles. The molecule has 0 radical (unpaired) electrons. The molecule has 2 aliphatic heterocycles. The van der Waals surface area contributed by atoms with Crippen LogP contribution in [0.5, 0.6) is 0 Å². The second kappa shape index (κ2) is 12.9. The predicted molar refractivity (Wildman–Crippen MR) is 152 cm³/mol. The summed E-state index contributed by atoms with van der Waals surface area (Å²) in [7, 11) is 1.75. The number of alkyl halides is 2. The summed E-state index contributed by atoms with van der Waals surface area (Å²) < 4.78 is 46.4. The van der Waals surface area contributed by atoms with Gasteiger partial charge in [0.1, 0.15) is 11.6 Å². The van der Waals surface area contributed by atoms with E-state index in [1.54, 1.807) is 31.4 Å². The summed E-state index contributed by atoms with van der Waals surface area (Å²) in [6, 6.07) is 9.79. The smallest absolute Gasteiger partial charge is 0.296 e. The topological polar surface area (TPSA) is 89.8 Å². The molecule has 3 fully saturated rings. The van der Waals surface area contributed by atoms with Gasteiger partial charge in [-0.05, 0) is 43.7 Å². The van der Waals surface area contributed by atoms with Gasteiger partial charge in [-0.1, -0.05) is 12.1 Å². The van der Waals surface area contributed by atoms with E-state index >= 15 is 0 Å². The van der Waals surface area contributed by atoms with Crippen molar-refractivity contribution in [2.45, 2.75) is 44.2 Å². The van der Waals surface area contributed by atoms with Gasteiger partial charge in [0.2, 0.25) is 5.95 Å². The van der Waals surface area contributed by atoms with E-state index in [0.717, 1.165) is 52.0 Å². The Hall–Kier alpha value is -2.93. The fourth-order valence-electron chi connectivity index (χ4n) is 6.38. The van der Waals surface area contributed by atoms with Crippen molar-refractivity contribution in [1.29, 1.82) is 0 Å². The van der Waals surface area contributed by atoms with Gasteiger partial charge in [0.25, 0.3) is 6.43 Å². The quantitative estimate of drug-likeness (QED) is 0.411. The number of nitrogens with one attached hydrogen (secondary N) is 1. The fraction of sp³-hybridized carbons (Fsp3) is 0.621. The van der Waals surface area contributed by atoms with E-state index in [-0.39, 0.29) is 5.82 Å². The Morgan fingerprint density at radius 2 is 1.78 bits per heavy atom. The summed E-state index contributed by atoms with van der Waals surface area (Å²) in [5.41, 5.74) is 1.10. The van der Waals surface area contributed by atoms with Gasteiger partial charge in [-0.15, -0.1) is 0 Å². The fourth-order valence-corrected chi connectivity index (χ4v) is 6.38. The molecule has 0 bridgehead atoms. The van der Waals surface area contributed by atoms with Crippen LogP contribution >= 0.6 is 0 Å². The van der Waals surface area contributed by atoms with Crippen LogP contribution in [-0.2, 0) is 14.2 Å². The van der Waals surface area contributed by atoms with Crippen LogP contribution in [0.2, 0.25) is 0 Å². The number of benzene rings is 1. The van der Waals surface area contributed by atoms with Gasteiger partial charge in [-0.3, -0.25) is 9.47 Å². The lowest BCUT2D eigenvalue weighted by Gasteiger charge is -2.43. The van der Waals surface area contributed by atoms with E-state index in [0.29, 0.717) is 79.5 Å². The van der Waals surface area contributed by atoms with Crippen molar-refractivity contribution in [2.75, 3.05) is 76.5 Å². The van der Waals surface area contributed by atoms with Crippen molar-refractivity contribution in [3.05, 3.63) is 36.2 Å². The van der Waals surface area contributed by atoms with Crippen LogP contribution in [0.15, 0.2) is 30.3 Å². The second-order valence-electron chi connectivity index (χ2n) is 11.1. The molecule has 41 heavy (non-hydrogen) atoms. The van der Waals surface area contributed by atoms with Crippen molar-refractivity contribution in [1.82, 2.24) is 24.4 Å². The number of hydrogen-bond donors (Lipinski definition) is 1. The van der Waals surface area contributed by atoms with E-state index in [9.17, 15) is 8.78 Å². The van der Waals surface area contributed by atoms with Gasteiger partial charge < -0.3 is 24.4 Å². The molecule has 222 valence electrons. The molecule has 1 aliphatic carbocycles. The van der Waals surface area contributed by atoms with Crippen LogP contribution < -0.4 is 10.2 Å². The molecular weight excluding hydrogens is 532 g/mol. The number of rotatable bonds is 9. The Morgan fingerprint density at radius 3 is 2.56 bits per heavy atom. The molecule has 3 aliphatic rings. The molecule has 2 aromatic heterocycles. The van der Waals surface area contributed by atoms with Gasteiger partial charge in [0.05, 0.1) is 50.1 Å². The van der Waals surface area contributed by atoms with Crippen molar-refractivity contribution < 1.29 is 23.0 Å². The third-order valence-electron chi connectivity index (χ3n) is 8.50. The number of halogens is 2. The number of anilines is 2. The minimum atomic E-state index is -2.74. The summed E-state index contributed by atoms with van der Waals surface area (Å²) in [6.45, 7) is 6.37. The number of fused-ring (bicyclic) bond motifs is 1. The first kappa shape index (κ1) is 28.2. The molecule has 1 N–H and O–H groups in total. The third kappa shape index (κ3) is 6.30. The Balaban J connectivity index is 1.20. The SMILES string of the molecule is COC[C@@H]1COCCN1[C@H]1CC[C@H](CNc2cc(-n3c(C(F)F)nc4ccccc43)nc(N3CCOCC3)n2)CC1. The molecule has 6 rings (SSSR count). The molecular formula is C29H39F2N7O3. The largest absolute Gasteiger partial charge is 0.383 e. The second-order valence-corrected chi connectivity index (χ2v) is 11.1. The number of methoxy groups -OCH3 is 1. The van der Waals surface area contributed by atoms with Gasteiger partial charge >= 0.3 is 0 Å². The van der Waals surface area contributed by atoms with E-state index in [1.807, 2.05) is 11.0 Å². The highest BCUT2D eigenvalue weighted by atomic mass is 19.3. The number of imidazole rings is 1. The standard InChI is InChI=1S/C29H39F2N7O3/c1-39-18-22-19-41-15-12-37(22)21-8-6-20(7-9-21)17-32-25-16-26(35-29(34-25)36-10-13-40-14-11-36)38-24-5-3-2-4-23(24)33-28(38)27(30)31/h2-5,16,20-22,27H,6-15,17-19H2,1H3,(H,32,34,35)/t20-,21-,22-/m1/s1. The summed E-state index contributed by atoms with van der Waals surface area (Å²) in [5.74, 6) is 1.70. The normalized spacial score (nSPS) is 24.3. The van der Waals surface area contributed by atoms with Gasteiger partial charge in [-0.25, -0.2) is 13.8 Å². The molecule has 2 saturated heterocycles. The monoisotopic (exact) mass is 571 g/mol. The maximum absolute atomic E-state index is 14.1. The Kier molecular flexibility index (Phi) is 8.90. The van der Waals surface area contributed by atoms with E-state index in [2.05, 4.69) is 15.2 Å². The number of aromatic nitrogens is 4. The summed E-state index contributed by atoms with van der Waals surface area (Å²) in [4.78, 5) is 18.4. The highest BCUT2D eigenvalue weighted by Gasteiger charge is 2.32. The van der Waals surface area contributed by atoms with Gasteiger partial charge in [-0.2, -0.15) is 9.97 Å². The number of morpholine rings is 2. The average molecular weight is 572 g/mol. The molecule has 10 nitrogen and oxygen atoms in total. The first-order valence-electron chi connectivity index (χ1n) is 14.6. The Bertz CT molecular complexity index is 1290. The van der Waals surface area contributed by atoms with Crippen LogP contribution in [0.3, 0.4) is 0 Å². The van der Waals surface area contributed by atoms with Gasteiger partial charge in [0, 0.05) is 45.4 Å². The zero-order valence-corrected chi connectivity index (χ0v) is 23.6. The number of nitrogens with zero attached hydrogens (tertiary/aromatic N) is 6. The van der Waals surface area contributed by atoms with Crippen LogP contribution in [-0.4, -0.2) is 103 Å². The molecule has 1 saturated carbocycles. The van der Waals surface area contributed by atoms with Crippen LogP contribution in [0.4, 0.5) is 20.5 Å². The summed E-state index contributed by atoms with van der Waals surface area (Å²) in [6.07, 6.45) is 1.76. The highest BCUT2D eigenvalue weighted by molar-refractivity contribution is 5.78. The van der Waals surface area contributed by atoms with E-state index < -0.39 is 6.43 Å². The lowest BCUT2D eigenvalue weighted by Crippen LogP contribution is -2.53. The zero-order valence-electron chi connectivity index (χ0n) is 23.6. The maximum Gasteiger partial charge on any atom is 0.296 e. The number of hydrogen-bond acceptors (Lipinski definition) is 9. The lowest BCUT2D eigenvalue weighted by molar-refractivity contribution is -0.0614. The van der Waals surface area contributed by atoms with Crippen molar-refractivity contribution in [3.63, 3.8) is 0 Å².